The van der Waals surface area contributed by atoms with Crippen LogP contribution in [0, 0.1) is 5.41 Å². The van der Waals surface area contributed by atoms with Gasteiger partial charge in [0.05, 0.1) is 18.1 Å². The Morgan fingerprint density at radius 2 is 1.97 bits per heavy atom. The summed E-state index contributed by atoms with van der Waals surface area (Å²) in [5.41, 5.74) is 1.94. The summed E-state index contributed by atoms with van der Waals surface area (Å²) in [5.74, 6) is 0.397. The Labute approximate surface area is 184 Å². The Bertz CT molecular complexity index is 1400. The van der Waals surface area contributed by atoms with Gasteiger partial charge in [0.1, 0.15) is 22.5 Å². The molecule has 0 saturated carbocycles. The lowest BCUT2D eigenvalue weighted by Crippen LogP contribution is -2.35. The van der Waals surface area contributed by atoms with E-state index in [2.05, 4.69) is 10.3 Å². The number of methoxy groups -OCH3 is 1. The molecule has 1 amide bonds. The number of nitrogens with zero attached hydrogens (tertiary/aromatic N) is 3. The normalized spacial score (nSPS) is 11.1. The molecule has 4 aromatic rings. The molecule has 8 heteroatoms. The molecule has 0 radical (unpaired) electrons. The van der Waals surface area contributed by atoms with Crippen LogP contribution in [0.3, 0.4) is 0 Å². The van der Waals surface area contributed by atoms with Crippen molar-refractivity contribution in [1.82, 2.24) is 19.3 Å². The van der Waals surface area contributed by atoms with Crippen molar-refractivity contribution in [2.75, 3.05) is 13.7 Å². The Kier molecular flexibility index (Phi) is 6.02. The maximum absolute atomic E-state index is 13.1. The molecule has 2 N–H and O–H groups in total. The third-order valence-corrected chi connectivity index (χ3v) is 5.37. The van der Waals surface area contributed by atoms with Crippen LogP contribution in [-0.2, 0) is 13.0 Å². The largest absolute Gasteiger partial charge is 0.497 e. The number of rotatable bonds is 7. The van der Waals surface area contributed by atoms with Crippen molar-refractivity contribution in [3.8, 4) is 5.75 Å². The summed E-state index contributed by atoms with van der Waals surface area (Å²) in [6.07, 6.45) is 3.03. The second-order valence-electron chi connectivity index (χ2n) is 7.50. The van der Waals surface area contributed by atoms with E-state index in [1.165, 1.54) is 10.5 Å². The fraction of sp³-hybridized carbons (Fsp3) is 0.250. The van der Waals surface area contributed by atoms with Crippen LogP contribution in [0.25, 0.3) is 16.7 Å². The highest BCUT2D eigenvalue weighted by Gasteiger charge is 2.17. The number of fused-ring (bicyclic) bond motifs is 2. The van der Waals surface area contributed by atoms with Crippen molar-refractivity contribution in [1.29, 1.82) is 5.41 Å². The predicted molar refractivity (Wildman–Crippen MR) is 122 cm³/mol. The standard InChI is InChI=1S/C24H25N5O3/c1-3-13-29-21(25)18(23(30)26-12-11-16-7-9-17(32-2)10-8-16)15-19-22(29)27-20-6-4-5-14-28(20)24(19)31/h4-10,14-15,25H,3,11-13H2,1-2H3,(H,26,30). The molecule has 0 saturated heterocycles. The Morgan fingerprint density at radius 3 is 2.69 bits per heavy atom. The van der Waals surface area contributed by atoms with Crippen LogP contribution < -0.4 is 21.1 Å². The molecule has 0 aliphatic heterocycles. The van der Waals surface area contributed by atoms with E-state index >= 15 is 0 Å². The molecule has 1 aromatic carbocycles. The van der Waals surface area contributed by atoms with Gasteiger partial charge in [-0.05, 0) is 48.7 Å². The van der Waals surface area contributed by atoms with Crippen molar-refractivity contribution >= 4 is 22.6 Å². The average Bonchev–Trinajstić information content (AvgIpc) is 2.81. The number of pyridine rings is 2. The monoisotopic (exact) mass is 431 g/mol. The van der Waals surface area contributed by atoms with Crippen LogP contribution in [0.15, 0.2) is 59.5 Å². The second kappa shape index (κ2) is 9.05. The highest BCUT2D eigenvalue weighted by Crippen LogP contribution is 2.12. The lowest BCUT2D eigenvalue weighted by atomic mass is 10.1. The first-order valence-electron chi connectivity index (χ1n) is 10.5. The van der Waals surface area contributed by atoms with Crippen LogP contribution in [0.1, 0.15) is 29.3 Å². The van der Waals surface area contributed by atoms with E-state index in [0.717, 1.165) is 17.7 Å². The number of nitrogens with one attached hydrogen (secondary N) is 2. The minimum absolute atomic E-state index is 0.0495. The first kappa shape index (κ1) is 21.3. The number of benzene rings is 1. The number of amides is 1. The Hall–Kier alpha value is -3.94. The molecule has 32 heavy (non-hydrogen) atoms. The highest BCUT2D eigenvalue weighted by molar-refractivity contribution is 5.96. The van der Waals surface area contributed by atoms with Gasteiger partial charge in [-0.2, -0.15) is 0 Å². The maximum atomic E-state index is 13.1. The molecule has 3 heterocycles. The van der Waals surface area contributed by atoms with E-state index in [-0.39, 0.29) is 22.5 Å². The molecule has 8 nitrogen and oxygen atoms in total. The molecule has 0 spiro atoms. The summed E-state index contributed by atoms with van der Waals surface area (Å²) in [5, 5.41) is 11.8. The van der Waals surface area contributed by atoms with Crippen molar-refractivity contribution in [3.63, 3.8) is 0 Å². The molecule has 164 valence electrons. The van der Waals surface area contributed by atoms with Crippen LogP contribution in [-0.4, -0.2) is 33.5 Å². The van der Waals surface area contributed by atoms with Crippen LogP contribution in [0.5, 0.6) is 5.75 Å². The van der Waals surface area contributed by atoms with Crippen molar-refractivity contribution in [2.24, 2.45) is 0 Å². The van der Waals surface area contributed by atoms with Crippen LogP contribution in [0.4, 0.5) is 0 Å². The zero-order valence-electron chi connectivity index (χ0n) is 18.1. The topological polar surface area (TPSA) is 101 Å². The van der Waals surface area contributed by atoms with E-state index in [4.69, 9.17) is 10.1 Å². The number of ether oxygens (including phenoxy) is 1. The van der Waals surface area contributed by atoms with Gasteiger partial charge in [-0.25, -0.2) is 4.98 Å². The fourth-order valence-corrected chi connectivity index (χ4v) is 3.71. The molecule has 0 aliphatic rings. The summed E-state index contributed by atoms with van der Waals surface area (Å²) in [4.78, 5) is 30.6. The average molecular weight is 431 g/mol. The van der Waals surface area contributed by atoms with Gasteiger partial charge < -0.3 is 14.6 Å². The van der Waals surface area contributed by atoms with Crippen LogP contribution in [0.2, 0.25) is 0 Å². The summed E-state index contributed by atoms with van der Waals surface area (Å²) < 4.78 is 8.25. The molecular formula is C24H25N5O3. The zero-order valence-corrected chi connectivity index (χ0v) is 18.1. The number of hydrogen-bond acceptors (Lipinski definition) is 5. The van der Waals surface area contributed by atoms with E-state index in [0.29, 0.717) is 36.2 Å². The third-order valence-electron chi connectivity index (χ3n) is 5.37. The van der Waals surface area contributed by atoms with E-state index < -0.39 is 0 Å². The zero-order chi connectivity index (χ0) is 22.7. The van der Waals surface area contributed by atoms with Crippen molar-refractivity contribution in [3.05, 3.63) is 81.7 Å². The van der Waals surface area contributed by atoms with E-state index in [1.54, 1.807) is 30.0 Å². The number of carbonyl (C=O) groups is 1. The first-order valence-corrected chi connectivity index (χ1v) is 10.5. The third kappa shape index (κ3) is 3.99. The van der Waals surface area contributed by atoms with Gasteiger partial charge in [0.2, 0.25) is 0 Å². The van der Waals surface area contributed by atoms with Gasteiger partial charge in [0.15, 0.2) is 0 Å². The Balaban J connectivity index is 1.68. The molecule has 0 atom stereocenters. The molecule has 4 rings (SSSR count). The van der Waals surface area contributed by atoms with Crippen molar-refractivity contribution < 1.29 is 9.53 Å². The van der Waals surface area contributed by atoms with Crippen LogP contribution >= 0.6 is 0 Å². The maximum Gasteiger partial charge on any atom is 0.267 e. The van der Waals surface area contributed by atoms with Gasteiger partial charge in [0, 0.05) is 19.3 Å². The summed E-state index contributed by atoms with van der Waals surface area (Å²) in [7, 11) is 1.62. The SMILES string of the molecule is CCCn1c(=N)c(C(=O)NCCc2ccc(OC)cc2)cc2c(=O)n3ccccc3nc21. The summed E-state index contributed by atoms with van der Waals surface area (Å²) in [6.45, 7) is 2.87. The number of carbonyl (C=O) groups excluding carboxylic acids is 1. The lowest BCUT2D eigenvalue weighted by Gasteiger charge is -2.14. The van der Waals surface area contributed by atoms with Gasteiger partial charge >= 0.3 is 0 Å². The number of aryl methyl sites for hydroxylation is 1. The van der Waals surface area contributed by atoms with Gasteiger partial charge in [-0.3, -0.25) is 19.4 Å². The molecule has 0 bridgehead atoms. The highest BCUT2D eigenvalue weighted by atomic mass is 16.5. The van der Waals surface area contributed by atoms with Gasteiger partial charge in [0.25, 0.3) is 11.5 Å². The molecule has 3 aromatic heterocycles. The number of aromatic nitrogens is 3. The minimum Gasteiger partial charge on any atom is -0.497 e. The lowest BCUT2D eigenvalue weighted by molar-refractivity contribution is 0.0951. The molecular weight excluding hydrogens is 406 g/mol. The first-order chi connectivity index (χ1) is 15.5. The van der Waals surface area contributed by atoms with Gasteiger partial charge in [-0.15, -0.1) is 0 Å². The molecule has 0 fully saturated rings. The number of hydrogen-bond donors (Lipinski definition) is 2. The minimum atomic E-state index is -0.382. The summed E-state index contributed by atoms with van der Waals surface area (Å²) >= 11 is 0. The smallest absolute Gasteiger partial charge is 0.267 e. The quantitative estimate of drug-likeness (QED) is 0.439. The van der Waals surface area contributed by atoms with E-state index in [9.17, 15) is 9.59 Å². The van der Waals surface area contributed by atoms with Crippen molar-refractivity contribution in [2.45, 2.75) is 26.3 Å². The second-order valence-corrected chi connectivity index (χ2v) is 7.50. The van der Waals surface area contributed by atoms with Gasteiger partial charge in [-0.1, -0.05) is 25.1 Å². The fourth-order valence-electron chi connectivity index (χ4n) is 3.71. The predicted octanol–water partition coefficient (Wildman–Crippen LogP) is 2.52. The molecule has 0 unspecified atom stereocenters. The summed E-state index contributed by atoms with van der Waals surface area (Å²) in [6, 6.07) is 14.5. The van der Waals surface area contributed by atoms with E-state index in [1.807, 2.05) is 37.3 Å². The molecule has 0 aliphatic carbocycles. The Morgan fingerprint density at radius 1 is 1.19 bits per heavy atom.